The minimum atomic E-state index is 0.648. The number of rotatable bonds is 5. The molecular formula is C15H26N2S. The minimum absolute atomic E-state index is 0.648. The van der Waals surface area contributed by atoms with Crippen molar-refractivity contribution in [3.05, 3.63) is 21.9 Å². The summed E-state index contributed by atoms with van der Waals surface area (Å²) < 4.78 is 0. The number of aryl methyl sites for hydroxylation is 1. The van der Waals surface area contributed by atoms with E-state index in [9.17, 15) is 0 Å². The van der Waals surface area contributed by atoms with Gasteiger partial charge in [-0.05, 0) is 42.7 Å². The SMILES string of the molecule is Cc1ccsc1[C@H](CCC(C)C)N1CCNCC1. The van der Waals surface area contributed by atoms with Crippen LogP contribution in [0.1, 0.15) is 43.2 Å². The average Bonchev–Trinajstić information content (AvgIpc) is 2.77. The van der Waals surface area contributed by atoms with Crippen molar-refractivity contribution in [2.75, 3.05) is 26.2 Å². The van der Waals surface area contributed by atoms with Gasteiger partial charge < -0.3 is 5.32 Å². The van der Waals surface area contributed by atoms with Gasteiger partial charge in [0.2, 0.25) is 0 Å². The summed E-state index contributed by atoms with van der Waals surface area (Å²) in [7, 11) is 0. The first kappa shape index (κ1) is 14.0. The first-order chi connectivity index (χ1) is 8.68. The Morgan fingerprint density at radius 2 is 2.00 bits per heavy atom. The molecule has 1 fully saturated rings. The smallest absolute Gasteiger partial charge is 0.0445 e. The van der Waals surface area contributed by atoms with Crippen LogP contribution in [-0.4, -0.2) is 31.1 Å². The molecule has 1 aromatic heterocycles. The highest BCUT2D eigenvalue weighted by molar-refractivity contribution is 7.10. The van der Waals surface area contributed by atoms with Crippen LogP contribution in [0.5, 0.6) is 0 Å². The van der Waals surface area contributed by atoms with Crippen LogP contribution in [0.2, 0.25) is 0 Å². The molecule has 1 saturated heterocycles. The van der Waals surface area contributed by atoms with Crippen molar-refractivity contribution < 1.29 is 0 Å². The first-order valence-corrected chi connectivity index (χ1v) is 8.05. The lowest BCUT2D eigenvalue weighted by Crippen LogP contribution is -2.45. The summed E-state index contributed by atoms with van der Waals surface area (Å²) in [4.78, 5) is 4.27. The molecule has 0 amide bonds. The van der Waals surface area contributed by atoms with Gasteiger partial charge in [0.15, 0.2) is 0 Å². The van der Waals surface area contributed by atoms with E-state index in [0.29, 0.717) is 6.04 Å². The van der Waals surface area contributed by atoms with Gasteiger partial charge in [0, 0.05) is 37.1 Å². The average molecular weight is 266 g/mol. The molecule has 3 heteroatoms. The zero-order chi connectivity index (χ0) is 13.0. The summed E-state index contributed by atoms with van der Waals surface area (Å²) in [5, 5.41) is 5.70. The molecule has 0 aromatic carbocycles. The van der Waals surface area contributed by atoms with Crippen LogP contribution in [-0.2, 0) is 0 Å². The molecular weight excluding hydrogens is 240 g/mol. The van der Waals surface area contributed by atoms with Crippen LogP contribution in [0.25, 0.3) is 0 Å². The van der Waals surface area contributed by atoms with Gasteiger partial charge in [-0.15, -0.1) is 11.3 Å². The van der Waals surface area contributed by atoms with Crippen LogP contribution < -0.4 is 5.32 Å². The molecule has 0 spiro atoms. The lowest BCUT2D eigenvalue weighted by molar-refractivity contribution is 0.162. The Bertz CT molecular complexity index is 353. The van der Waals surface area contributed by atoms with Crippen molar-refractivity contribution in [2.45, 2.75) is 39.7 Å². The van der Waals surface area contributed by atoms with E-state index in [4.69, 9.17) is 0 Å². The molecule has 0 aliphatic carbocycles. The first-order valence-electron chi connectivity index (χ1n) is 7.17. The molecule has 1 aliphatic heterocycles. The van der Waals surface area contributed by atoms with Crippen molar-refractivity contribution in [1.82, 2.24) is 10.2 Å². The van der Waals surface area contributed by atoms with Crippen LogP contribution in [0.3, 0.4) is 0 Å². The summed E-state index contributed by atoms with van der Waals surface area (Å²) in [5.74, 6) is 0.802. The number of hydrogen-bond donors (Lipinski definition) is 1. The molecule has 18 heavy (non-hydrogen) atoms. The standard InChI is InChI=1S/C15H26N2S/c1-12(2)4-5-14(15-13(3)6-11-18-15)17-9-7-16-8-10-17/h6,11-12,14,16H,4-5,7-10H2,1-3H3/t14-/m0/s1. The van der Waals surface area contributed by atoms with Crippen molar-refractivity contribution in [2.24, 2.45) is 5.92 Å². The van der Waals surface area contributed by atoms with E-state index in [1.807, 2.05) is 11.3 Å². The predicted molar refractivity (Wildman–Crippen MR) is 80.3 cm³/mol. The van der Waals surface area contributed by atoms with Gasteiger partial charge in [0.05, 0.1) is 0 Å². The lowest BCUT2D eigenvalue weighted by Gasteiger charge is -2.35. The van der Waals surface area contributed by atoms with Gasteiger partial charge in [0.25, 0.3) is 0 Å². The highest BCUT2D eigenvalue weighted by Gasteiger charge is 2.24. The third-order valence-corrected chi connectivity index (χ3v) is 4.93. The molecule has 0 saturated carbocycles. The molecule has 2 heterocycles. The van der Waals surface area contributed by atoms with E-state index in [-0.39, 0.29) is 0 Å². The van der Waals surface area contributed by atoms with Gasteiger partial charge in [-0.3, -0.25) is 4.90 Å². The molecule has 1 aromatic rings. The van der Waals surface area contributed by atoms with Crippen molar-refractivity contribution in [3.63, 3.8) is 0 Å². The highest BCUT2D eigenvalue weighted by Crippen LogP contribution is 2.33. The van der Waals surface area contributed by atoms with E-state index in [0.717, 1.165) is 19.0 Å². The number of piperazine rings is 1. The number of thiophene rings is 1. The number of nitrogens with one attached hydrogen (secondary N) is 1. The van der Waals surface area contributed by atoms with Gasteiger partial charge in [0.1, 0.15) is 0 Å². The summed E-state index contributed by atoms with van der Waals surface area (Å²) in [5.41, 5.74) is 1.48. The van der Waals surface area contributed by atoms with E-state index in [2.05, 4.69) is 42.4 Å². The Kier molecular flexibility index (Phi) is 5.22. The maximum absolute atomic E-state index is 3.46. The monoisotopic (exact) mass is 266 g/mol. The molecule has 102 valence electrons. The van der Waals surface area contributed by atoms with Crippen LogP contribution in [0.4, 0.5) is 0 Å². The fourth-order valence-corrected chi connectivity index (χ4v) is 3.79. The topological polar surface area (TPSA) is 15.3 Å². The number of nitrogens with zero attached hydrogens (tertiary/aromatic N) is 1. The van der Waals surface area contributed by atoms with Crippen LogP contribution >= 0.6 is 11.3 Å². The van der Waals surface area contributed by atoms with Gasteiger partial charge in [-0.1, -0.05) is 13.8 Å². The maximum Gasteiger partial charge on any atom is 0.0445 e. The lowest BCUT2D eigenvalue weighted by atomic mass is 9.99. The molecule has 0 radical (unpaired) electrons. The zero-order valence-electron chi connectivity index (χ0n) is 11.9. The van der Waals surface area contributed by atoms with E-state index in [1.54, 1.807) is 4.88 Å². The van der Waals surface area contributed by atoms with Crippen molar-refractivity contribution >= 4 is 11.3 Å². The third-order valence-electron chi connectivity index (χ3n) is 3.81. The normalized spacial score (nSPS) is 19.3. The Hall–Kier alpha value is -0.380. The molecule has 0 bridgehead atoms. The second-order valence-electron chi connectivity index (χ2n) is 5.74. The largest absolute Gasteiger partial charge is 0.314 e. The second-order valence-corrected chi connectivity index (χ2v) is 6.69. The summed E-state index contributed by atoms with van der Waals surface area (Å²) in [6.07, 6.45) is 2.63. The van der Waals surface area contributed by atoms with E-state index >= 15 is 0 Å². The summed E-state index contributed by atoms with van der Waals surface area (Å²) in [6.45, 7) is 11.6. The molecule has 1 aliphatic rings. The summed E-state index contributed by atoms with van der Waals surface area (Å²) >= 11 is 1.94. The van der Waals surface area contributed by atoms with Crippen LogP contribution in [0.15, 0.2) is 11.4 Å². The molecule has 0 unspecified atom stereocenters. The van der Waals surface area contributed by atoms with Crippen molar-refractivity contribution in [3.8, 4) is 0 Å². The number of hydrogen-bond acceptors (Lipinski definition) is 3. The Labute approximate surface area is 115 Å². The third kappa shape index (κ3) is 3.56. The zero-order valence-corrected chi connectivity index (χ0v) is 12.7. The van der Waals surface area contributed by atoms with Crippen LogP contribution in [0, 0.1) is 12.8 Å². The minimum Gasteiger partial charge on any atom is -0.314 e. The van der Waals surface area contributed by atoms with Gasteiger partial charge in [-0.25, -0.2) is 0 Å². The predicted octanol–water partition coefficient (Wildman–Crippen LogP) is 3.44. The molecule has 2 rings (SSSR count). The maximum atomic E-state index is 3.46. The van der Waals surface area contributed by atoms with Crippen molar-refractivity contribution in [1.29, 1.82) is 0 Å². The van der Waals surface area contributed by atoms with E-state index in [1.165, 1.54) is 31.5 Å². The Morgan fingerprint density at radius 1 is 1.28 bits per heavy atom. The highest BCUT2D eigenvalue weighted by atomic mass is 32.1. The molecule has 1 atom stereocenters. The quantitative estimate of drug-likeness (QED) is 0.878. The van der Waals surface area contributed by atoms with E-state index < -0.39 is 0 Å². The Balaban J connectivity index is 2.09. The fraction of sp³-hybridized carbons (Fsp3) is 0.733. The summed E-state index contributed by atoms with van der Waals surface area (Å²) in [6, 6.07) is 2.92. The second kappa shape index (κ2) is 6.69. The molecule has 1 N–H and O–H groups in total. The fourth-order valence-electron chi connectivity index (χ4n) is 2.69. The van der Waals surface area contributed by atoms with Gasteiger partial charge >= 0.3 is 0 Å². The Morgan fingerprint density at radius 3 is 2.56 bits per heavy atom. The van der Waals surface area contributed by atoms with Gasteiger partial charge in [-0.2, -0.15) is 0 Å². The molecule has 2 nitrogen and oxygen atoms in total.